The Labute approximate surface area is 116 Å². The van der Waals surface area contributed by atoms with Crippen molar-refractivity contribution in [3.63, 3.8) is 0 Å². The molecule has 12 heteroatoms. The molecule has 0 heterocycles. The molecule has 118 valence electrons. The molecule has 0 atom stereocenters. The van der Waals surface area contributed by atoms with Gasteiger partial charge in [0, 0.05) is 0 Å². The van der Waals surface area contributed by atoms with Crippen LogP contribution in [0.4, 0.5) is 25.2 Å². The molecule has 18 heavy (non-hydrogen) atoms. The molecular weight excluding hydrogens is 370 g/mol. The zero-order chi connectivity index (χ0) is 14.7. The first-order valence-corrected chi connectivity index (χ1v) is 7.53. The van der Waals surface area contributed by atoms with E-state index in [2.05, 4.69) is 56.3 Å². The predicted molar refractivity (Wildman–Crippen MR) is 73.0 cm³/mol. The molecule has 0 radical (unpaired) electrons. The number of hydrogen-bond acceptors (Lipinski definition) is 3. The maximum Gasteiger partial charge on any atom is 1.00 e. The molecule has 0 N–H and O–H groups in total. The summed E-state index contributed by atoms with van der Waals surface area (Å²) in [5, 5.41) is 0. The molecule has 0 spiro atoms. The van der Waals surface area contributed by atoms with Gasteiger partial charge in [0.25, 0.3) is 0 Å². The first-order chi connectivity index (χ1) is 6.91. The smallest absolute Gasteiger partial charge is 1.00 e. The van der Waals surface area contributed by atoms with Crippen LogP contribution in [0.1, 0.15) is 1.43 Å². The SMILES string of the molecule is Br.CN(C)P(N(C)C)N(C)C.F[P-](F)(F)(F)(F)F.[H+]. The predicted octanol–water partition coefficient (Wildman–Crippen LogP) is 4.97. The summed E-state index contributed by atoms with van der Waals surface area (Å²) in [7, 11) is 1.72. The van der Waals surface area contributed by atoms with Crippen molar-refractivity contribution >= 4 is 33.2 Å². The molecule has 0 saturated heterocycles. The van der Waals surface area contributed by atoms with E-state index in [1.54, 1.807) is 0 Å². The second kappa shape index (κ2) is 6.50. The third-order valence-corrected chi connectivity index (χ3v) is 3.22. The third-order valence-electron chi connectivity index (χ3n) is 1.07. The van der Waals surface area contributed by atoms with E-state index in [-0.39, 0.29) is 26.8 Å². The van der Waals surface area contributed by atoms with E-state index < -0.39 is 7.81 Å². The molecule has 0 aromatic rings. The molecule has 0 aliphatic rings. The van der Waals surface area contributed by atoms with Crippen LogP contribution in [-0.2, 0) is 0 Å². The first-order valence-electron chi connectivity index (χ1n) is 4.30. The van der Waals surface area contributed by atoms with Crippen molar-refractivity contribution < 1.29 is 26.6 Å². The zero-order valence-corrected chi connectivity index (χ0v) is 14.4. The second-order valence-electron chi connectivity index (χ2n) is 3.77. The fraction of sp³-hybridized carbons (Fsp3) is 1.00. The second-order valence-corrected chi connectivity index (χ2v) is 8.62. The van der Waals surface area contributed by atoms with Gasteiger partial charge in [0.05, 0.1) is 0 Å². The topological polar surface area (TPSA) is 9.72 Å². The van der Waals surface area contributed by atoms with Crippen molar-refractivity contribution in [1.82, 2.24) is 14.0 Å². The Morgan fingerprint density at radius 1 is 0.667 bits per heavy atom. The van der Waals surface area contributed by atoms with Crippen LogP contribution in [0.15, 0.2) is 0 Å². The minimum absolute atomic E-state index is 0. The van der Waals surface area contributed by atoms with Gasteiger partial charge in [0.1, 0.15) is 8.37 Å². The molecule has 0 amide bonds. The van der Waals surface area contributed by atoms with Crippen LogP contribution in [0.25, 0.3) is 0 Å². The standard InChI is InChI=1S/C6H18N3P.BrH.F6P/c1-7(2)10(8(3)4)9(5)6;;1-7(2,3,4,5)6/h1-6H3;1H;/q;;-1/p+1. The molecule has 0 fully saturated rings. The number of nitrogens with zero attached hydrogens (tertiary/aromatic N) is 3. The van der Waals surface area contributed by atoms with Gasteiger partial charge in [-0.15, -0.1) is 17.0 Å². The zero-order valence-electron chi connectivity index (χ0n) is 11.9. The maximum absolute atomic E-state index is 10.7. The summed E-state index contributed by atoms with van der Waals surface area (Å²) in [6.07, 6.45) is 0. The van der Waals surface area contributed by atoms with Gasteiger partial charge < -0.3 is 0 Å². The van der Waals surface area contributed by atoms with Crippen molar-refractivity contribution in [1.29, 1.82) is 0 Å². The van der Waals surface area contributed by atoms with Crippen molar-refractivity contribution in [3.8, 4) is 0 Å². The van der Waals surface area contributed by atoms with Gasteiger partial charge >= 0.3 is 34.4 Å². The molecule has 0 aromatic carbocycles. The largest absolute Gasteiger partial charge is 1.00 e. The van der Waals surface area contributed by atoms with Crippen LogP contribution in [0, 0.1) is 0 Å². The summed E-state index contributed by atoms with van der Waals surface area (Å²) in [6, 6.07) is 0. The van der Waals surface area contributed by atoms with E-state index in [4.69, 9.17) is 0 Å². The minimum atomic E-state index is -10.7. The third kappa shape index (κ3) is 25.6. The first kappa shape index (κ1) is 23.9. The summed E-state index contributed by atoms with van der Waals surface area (Å²) in [4.78, 5) is 0. The monoisotopic (exact) mass is 389 g/mol. The number of hydrogen-bond donors (Lipinski definition) is 0. The van der Waals surface area contributed by atoms with Gasteiger partial charge in [-0.25, -0.2) is 0 Å². The van der Waals surface area contributed by atoms with E-state index in [1.807, 2.05) is 0 Å². The van der Waals surface area contributed by atoms with Crippen LogP contribution >= 0.6 is 33.2 Å². The molecular formula is C6H20BrF6N3P2. The average Bonchev–Trinajstić information content (AvgIpc) is 1.73. The fourth-order valence-electron chi connectivity index (χ4n) is 1.07. The van der Waals surface area contributed by atoms with Crippen LogP contribution in [0.3, 0.4) is 0 Å². The van der Waals surface area contributed by atoms with Gasteiger partial charge in [0.15, 0.2) is 0 Å². The van der Waals surface area contributed by atoms with Crippen LogP contribution in [0.2, 0.25) is 0 Å². The van der Waals surface area contributed by atoms with E-state index in [9.17, 15) is 25.2 Å². The minimum Gasteiger partial charge on any atom is 1.00 e. The Hall–Kier alpha value is 0.800. The number of halogens is 7. The van der Waals surface area contributed by atoms with E-state index >= 15 is 0 Å². The average molecular weight is 390 g/mol. The quantitative estimate of drug-likeness (QED) is 0.498. The Bertz CT molecular complexity index is 216. The van der Waals surface area contributed by atoms with Gasteiger partial charge in [-0.1, -0.05) is 0 Å². The van der Waals surface area contributed by atoms with Gasteiger partial charge in [-0.3, -0.25) is 14.0 Å². The van der Waals surface area contributed by atoms with Crippen LogP contribution in [0.5, 0.6) is 0 Å². The Kier molecular flexibility index (Phi) is 8.62. The molecule has 0 aliphatic heterocycles. The van der Waals surface area contributed by atoms with Crippen molar-refractivity contribution in [2.45, 2.75) is 0 Å². The Balaban J connectivity index is -0.000000112. The normalized spacial score (nSPS) is 16.0. The Morgan fingerprint density at radius 2 is 0.778 bits per heavy atom. The van der Waals surface area contributed by atoms with Gasteiger partial charge in [-0.05, 0) is 42.3 Å². The number of rotatable bonds is 3. The van der Waals surface area contributed by atoms with E-state index in [0.717, 1.165) is 0 Å². The van der Waals surface area contributed by atoms with Crippen LogP contribution in [-0.4, -0.2) is 56.3 Å². The van der Waals surface area contributed by atoms with Crippen molar-refractivity contribution in [2.75, 3.05) is 42.3 Å². The molecule has 0 aromatic heterocycles. The summed E-state index contributed by atoms with van der Waals surface area (Å²) in [5.41, 5.74) is 0. The Morgan fingerprint density at radius 3 is 0.778 bits per heavy atom. The molecule has 0 aliphatic carbocycles. The molecule has 3 nitrogen and oxygen atoms in total. The summed E-state index contributed by atoms with van der Waals surface area (Å²) >= 11 is 0. The summed E-state index contributed by atoms with van der Waals surface area (Å²) < 4.78 is 65.9. The van der Waals surface area contributed by atoms with E-state index in [1.165, 1.54) is 0 Å². The fourth-order valence-corrected chi connectivity index (χ4v) is 3.22. The van der Waals surface area contributed by atoms with Crippen molar-refractivity contribution in [2.24, 2.45) is 0 Å². The maximum atomic E-state index is 9.87. The van der Waals surface area contributed by atoms with E-state index in [0.29, 0.717) is 0 Å². The molecule has 0 rings (SSSR count). The summed E-state index contributed by atoms with van der Waals surface area (Å²) in [6.45, 7) is 0. The molecule has 0 saturated carbocycles. The van der Waals surface area contributed by atoms with Crippen molar-refractivity contribution in [3.05, 3.63) is 0 Å². The van der Waals surface area contributed by atoms with Gasteiger partial charge in [-0.2, -0.15) is 0 Å². The molecule has 0 bridgehead atoms. The van der Waals surface area contributed by atoms with Crippen LogP contribution < -0.4 is 0 Å². The van der Waals surface area contributed by atoms with Gasteiger partial charge in [0.2, 0.25) is 0 Å². The summed E-state index contributed by atoms with van der Waals surface area (Å²) in [5.74, 6) is 0. The molecule has 0 unspecified atom stereocenters.